The van der Waals surface area contributed by atoms with E-state index in [1.54, 1.807) is 12.1 Å². The first-order chi connectivity index (χ1) is 16.0. The minimum Gasteiger partial charge on any atom is -0.355 e. The number of fused-ring (bicyclic) bond motifs is 3. The van der Waals surface area contributed by atoms with Crippen LogP contribution in [0.1, 0.15) is 44.4 Å². The number of hydrogen-bond acceptors (Lipinski definition) is 8. The minimum atomic E-state index is -5.90. The average Bonchev–Trinajstić information content (AvgIpc) is 3.27. The molecule has 184 valence electrons. The highest BCUT2D eigenvalue weighted by Gasteiger charge is 2.58. The predicted octanol–water partition coefficient (Wildman–Crippen LogP) is 3.76. The Labute approximate surface area is 195 Å². The van der Waals surface area contributed by atoms with Crippen LogP contribution in [0, 0.1) is 11.8 Å². The summed E-state index contributed by atoms with van der Waals surface area (Å²) < 4.78 is 79.8. The third kappa shape index (κ3) is 3.57. The Morgan fingerprint density at radius 2 is 1.79 bits per heavy atom. The van der Waals surface area contributed by atoms with Crippen molar-refractivity contribution in [1.29, 1.82) is 0 Å². The van der Waals surface area contributed by atoms with Crippen molar-refractivity contribution in [2.45, 2.75) is 56.2 Å². The summed E-state index contributed by atoms with van der Waals surface area (Å²) in [5, 5.41) is 0. The van der Waals surface area contributed by atoms with Gasteiger partial charge in [-0.3, -0.25) is 4.98 Å². The van der Waals surface area contributed by atoms with Crippen LogP contribution < -0.4 is 4.18 Å². The maximum absolute atomic E-state index is 13.1. The molecule has 3 atom stereocenters. The summed E-state index contributed by atoms with van der Waals surface area (Å²) in [6.07, 6.45) is 5.04. The first kappa shape index (κ1) is 23.4. The Kier molecular flexibility index (Phi) is 5.41. The molecule has 0 N–H and O–H groups in total. The lowest BCUT2D eigenvalue weighted by Gasteiger charge is -2.54. The van der Waals surface area contributed by atoms with E-state index in [4.69, 9.17) is 14.5 Å². The van der Waals surface area contributed by atoms with Crippen molar-refractivity contribution in [1.82, 2.24) is 15.0 Å². The van der Waals surface area contributed by atoms with Crippen LogP contribution in [0.5, 0.6) is 5.88 Å². The molecule has 2 aromatic rings. The smallest absolute Gasteiger partial charge is 0.355 e. The van der Waals surface area contributed by atoms with Crippen LogP contribution in [0.25, 0.3) is 11.4 Å². The zero-order valence-electron chi connectivity index (χ0n) is 18.6. The van der Waals surface area contributed by atoms with E-state index in [9.17, 15) is 21.6 Å². The molecular weight excluding hydrogens is 475 g/mol. The van der Waals surface area contributed by atoms with Crippen LogP contribution in [0.4, 0.5) is 13.2 Å². The van der Waals surface area contributed by atoms with Gasteiger partial charge < -0.3 is 13.7 Å². The molecule has 2 aromatic heterocycles. The van der Waals surface area contributed by atoms with Gasteiger partial charge in [-0.15, -0.1) is 0 Å². The zero-order valence-corrected chi connectivity index (χ0v) is 19.4. The fourth-order valence-corrected chi connectivity index (χ4v) is 6.20. The second kappa shape index (κ2) is 7.85. The van der Waals surface area contributed by atoms with E-state index < -0.39 is 32.7 Å². The summed E-state index contributed by atoms with van der Waals surface area (Å²) in [6.45, 7) is 5.12. The van der Waals surface area contributed by atoms with Crippen molar-refractivity contribution in [3.8, 4) is 17.3 Å². The van der Waals surface area contributed by atoms with Crippen LogP contribution in [0.2, 0.25) is 0 Å². The Balaban J connectivity index is 1.65. The largest absolute Gasteiger partial charge is 0.534 e. The normalized spacial score (nSPS) is 28.4. The molecule has 3 heterocycles. The van der Waals surface area contributed by atoms with Crippen LogP contribution in [-0.2, 0) is 31.4 Å². The lowest BCUT2D eigenvalue weighted by Crippen LogP contribution is -2.55. The molecule has 8 nitrogen and oxygen atoms in total. The maximum Gasteiger partial charge on any atom is 0.534 e. The number of ether oxygens (including phenoxy) is 2. The molecule has 2 aliphatic carbocycles. The highest BCUT2D eigenvalue weighted by atomic mass is 32.2. The average molecular weight is 500 g/mol. The molecule has 1 saturated heterocycles. The molecule has 0 aromatic carbocycles. The van der Waals surface area contributed by atoms with E-state index in [0.29, 0.717) is 49.3 Å². The molecular formula is C22H24F3N3O5S. The third-order valence-electron chi connectivity index (χ3n) is 7.51. The summed E-state index contributed by atoms with van der Waals surface area (Å²) in [6, 6.07) is 3.20. The minimum absolute atomic E-state index is 0.00418. The van der Waals surface area contributed by atoms with Gasteiger partial charge in [-0.2, -0.15) is 26.6 Å². The molecule has 1 saturated carbocycles. The van der Waals surface area contributed by atoms with Gasteiger partial charge in [0.05, 0.1) is 18.9 Å². The number of hydrogen-bond donors (Lipinski definition) is 0. The molecule has 0 radical (unpaired) electrons. The van der Waals surface area contributed by atoms with Crippen LogP contribution in [-0.4, -0.2) is 47.9 Å². The number of rotatable bonds is 3. The quantitative estimate of drug-likeness (QED) is 0.465. The molecule has 34 heavy (non-hydrogen) atoms. The number of nitrogens with zero attached hydrogens (tertiary/aromatic N) is 3. The third-order valence-corrected chi connectivity index (χ3v) is 8.45. The maximum atomic E-state index is 13.1. The van der Waals surface area contributed by atoms with Crippen molar-refractivity contribution in [3.63, 3.8) is 0 Å². The van der Waals surface area contributed by atoms with Gasteiger partial charge >= 0.3 is 15.6 Å². The van der Waals surface area contributed by atoms with E-state index in [2.05, 4.69) is 21.1 Å². The van der Waals surface area contributed by atoms with Gasteiger partial charge in [-0.1, -0.05) is 13.8 Å². The lowest BCUT2D eigenvalue weighted by atomic mass is 9.55. The van der Waals surface area contributed by atoms with Crippen molar-refractivity contribution in [2.75, 3.05) is 13.2 Å². The van der Waals surface area contributed by atoms with Gasteiger partial charge in [-0.25, -0.2) is 4.98 Å². The molecule has 1 aliphatic heterocycles. The van der Waals surface area contributed by atoms with E-state index in [0.717, 1.165) is 0 Å². The number of aromatic nitrogens is 3. The van der Waals surface area contributed by atoms with Crippen LogP contribution in [0.15, 0.2) is 24.5 Å². The highest BCUT2D eigenvalue weighted by molar-refractivity contribution is 7.87. The van der Waals surface area contributed by atoms with E-state index in [1.165, 1.54) is 12.4 Å². The predicted molar refractivity (Wildman–Crippen MR) is 113 cm³/mol. The van der Waals surface area contributed by atoms with Gasteiger partial charge in [0, 0.05) is 41.3 Å². The first-order valence-corrected chi connectivity index (χ1v) is 12.5. The Morgan fingerprint density at radius 3 is 2.44 bits per heavy atom. The monoisotopic (exact) mass is 499 g/mol. The standard InChI is InChI=1S/C22H24F3N3O5S/c1-13-16-4-3-15-17(20(16,2)7-8-21(13)31-11-12-32-21)27-18(14-5-9-26-10-6-14)28-19(15)33-34(29,30)22(23,24)25/h5-6,9-10,13,16H,3-4,7-8,11-12H2,1-2H3/t13-,16-,20-/m1/s1. The van der Waals surface area contributed by atoms with Gasteiger partial charge in [0.25, 0.3) is 0 Å². The summed E-state index contributed by atoms with van der Waals surface area (Å²) in [5.74, 6) is -1.11. The molecule has 2 fully saturated rings. The molecule has 0 amide bonds. The summed E-state index contributed by atoms with van der Waals surface area (Å²) in [4.78, 5) is 12.8. The molecule has 1 spiro atoms. The fourth-order valence-electron chi connectivity index (χ4n) is 5.76. The van der Waals surface area contributed by atoms with E-state index >= 15 is 0 Å². The van der Waals surface area contributed by atoms with Gasteiger partial charge in [0.2, 0.25) is 5.88 Å². The first-order valence-electron chi connectivity index (χ1n) is 11.1. The molecule has 12 heteroatoms. The summed E-state index contributed by atoms with van der Waals surface area (Å²) >= 11 is 0. The molecule has 3 aliphatic rings. The summed E-state index contributed by atoms with van der Waals surface area (Å²) in [7, 11) is -5.90. The number of pyridine rings is 1. The van der Waals surface area contributed by atoms with Gasteiger partial charge in [0.1, 0.15) is 0 Å². The second-order valence-electron chi connectivity index (χ2n) is 9.26. The second-order valence-corrected chi connectivity index (χ2v) is 10.8. The molecule has 0 unspecified atom stereocenters. The zero-order chi connectivity index (χ0) is 24.4. The summed E-state index contributed by atoms with van der Waals surface area (Å²) in [5.41, 5.74) is -4.84. The van der Waals surface area contributed by atoms with E-state index in [1.807, 2.05) is 6.92 Å². The highest BCUT2D eigenvalue weighted by Crippen LogP contribution is 2.57. The van der Waals surface area contributed by atoms with Crippen molar-refractivity contribution in [3.05, 3.63) is 35.8 Å². The fraction of sp³-hybridized carbons (Fsp3) is 0.591. The van der Waals surface area contributed by atoms with Crippen LogP contribution >= 0.6 is 0 Å². The Morgan fingerprint density at radius 1 is 1.12 bits per heavy atom. The number of halogens is 3. The topological polar surface area (TPSA) is 101 Å². The van der Waals surface area contributed by atoms with Crippen LogP contribution in [0.3, 0.4) is 0 Å². The molecule has 5 rings (SSSR count). The Hall–Kier alpha value is -2.31. The van der Waals surface area contributed by atoms with Gasteiger partial charge in [-0.05, 0) is 37.3 Å². The molecule has 0 bridgehead atoms. The lowest BCUT2D eigenvalue weighted by molar-refractivity contribution is -0.234. The van der Waals surface area contributed by atoms with E-state index in [-0.39, 0.29) is 24.1 Å². The SMILES string of the molecule is C[C@@H]1[C@H]2CCc3c(OS(=O)(=O)C(F)(F)F)nc(-c4ccncc4)nc3[C@]2(C)CCC12OCCO2. The van der Waals surface area contributed by atoms with Crippen molar-refractivity contribution < 1.29 is 35.2 Å². The van der Waals surface area contributed by atoms with Crippen molar-refractivity contribution >= 4 is 10.1 Å². The Bertz CT molecular complexity index is 1200. The van der Waals surface area contributed by atoms with Gasteiger partial charge in [0.15, 0.2) is 11.6 Å². The number of alkyl halides is 3. The van der Waals surface area contributed by atoms with Crippen molar-refractivity contribution in [2.24, 2.45) is 11.8 Å².